The van der Waals surface area contributed by atoms with E-state index in [0.29, 0.717) is 19.4 Å². The summed E-state index contributed by atoms with van der Waals surface area (Å²) in [6.45, 7) is 1.36. The Morgan fingerprint density at radius 1 is 1.32 bits per heavy atom. The Kier molecular flexibility index (Phi) is 5.93. The summed E-state index contributed by atoms with van der Waals surface area (Å²) in [5.41, 5.74) is 0.935. The van der Waals surface area contributed by atoms with Gasteiger partial charge in [-0.15, -0.1) is 0 Å². The first-order chi connectivity index (χ1) is 10.5. The number of aryl methyl sites for hydroxylation is 1. The van der Waals surface area contributed by atoms with Gasteiger partial charge >= 0.3 is 0 Å². The summed E-state index contributed by atoms with van der Waals surface area (Å²) in [5.74, 6) is 0.00224. The fourth-order valence-corrected chi connectivity index (χ4v) is 3.10. The first kappa shape index (κ1) is 16.9. The van der Waals surface area contributed by atoms with Crippen molar-refractivity contribution in [3.8, 4) is 0 Å². The number of nitrogens with one attached hydrogen (secondary N) is 2. The molecule has 1 aliphatic heterocycles. The lowest BCUT2D eigenvalue weighted by atomic mass is 10.1. The van der Waals surface area contributed by atoms with Gasteiger partial charge in [-0.05, 0) is 44.0 Å². The number of benzene rings is 1. The Morgan fingerprint density at radius 2 is 2.05 bits per heavy atom. The van der Waals surface area contributed by atoms with Crippen LogP contribution >= 0.6 is 0 Å². The van der Waals surface area contributed by atoms with Crippen molar-refractivity contribution in [1.82, 2.24) is 10.0 Å². The summed E-state index contributed by atoms with van der Waals surface area (Å²) < 4.78 is 30.8. The molecule has 0 radical (unpaired) electrons. The Hall–Kier alpha value is -1.44. The smallest absolute Gasteiger partial charge is 0.240 e. The maximum Gasteiger partial charge on any atom is 0.240 e. The first-order valence-corrected chi connectivity index (χ1v) is 8.89. The van der Waals surface area contributed by atoms with E-state index in [0.717, 1.165) is 25.0 Å². The minimum atomic E-state index is -3.41. The van der Waals surface area contributed by atoms with Gasteiger partial charge in [-0.25, -0.2) is 13.1 Å². The average molecular weight is 326 g/mol. The molecule has 0 saturated carbocycles. The molecule has 1 unspecified atom stereocenters. The molecule has 1 saturated heterocycles. The lowest BCUT2D eigenvalue weighted by molar-refractivity contribution is -0.122. The van der Waals surface area contributed by atoms with Crippen molar-refractivity contribution in [2.75, 3.05) is 20.3 Å². The summed E-state index contributed by atoms with van der Waals surface area (Å²) in [5, 5.41) is 2.96. The first-order valence-electron chi connectivity index (χ1n) is 7.41. The van der Waals surface area contributed by atoms with Crippen LogP contribution in [0.2, 0.25) is 0 Å². The fourth-order valence-electron chi connectivity index (χ4n) is 2.37. The summed E-state index contributed by atoms with van der Waals surface area (Å²) in [4.78, 5) is 12.1. The van der Waals surface area contributed by atoms with E-state index >= 15 is 0 Å². The molecule has 2 rings (SSSR count). The summed E-state index contributed by atoms with van der Waals surface area (Å²) in [6, 6.07) is 6.69. The molecular weight excluding hydrogens is 304 g/mol. The van der Waals surface area contributed by atoms with Gasteiger partial charge < -0.3 is 10.1 Å². The second-order valence-corrected chi connectivity index (χ2v) is 7.22. The Bertz CT molecular complexity index is 592. The van der Waals surface area contributed by atoms with Gasteiger partial charge in [0.2, 0.25) is 15.9 Å². The van der Waals surface area contributed by atoms with Crippen LogP contribution in [0.25, 0.3) is 0 Å². The molecule has 7 heteroatoms. The lowest BCUT2D eigenvalue weighted by Gasteiger charge is -2.23. The van der Waals surface area contributed by atoms with Gasteiger partial charge in [0.25, 0.3) is 0 Å². The van der Waals surface area contributed by atoms with Crippen molar-refractivity contribution in [2.24, 2.45) is 0 Å². The molecule has 0 spiro atoms. The molecule has 1 atom stereocenters. The molecule has 1 amide bonds. The number of rotatable bonds is 6. The molecule has 1 aromatic rings. The van der Waals surface area contributed by atoms with Gasteiger partial charge in [-0.3, -0.25) is 4.79 Å². The monoisotopic (exact) mass is 326 g/mol. The number of carbonyl (C=O) groups is 1. The van der Waals surface area contributed by atoms with Crippen molar-refractivity contribution < 1.29 is 17.9 Å². The zero-order valence-corrected chi connectivity index (χ0v) is 13.5. The normalized spacial score (nSPS) is 18.9. The molecule has 1 aliphatic rings. The van der Waals surface area contributed by atoms with Crippen molar-refractivity contribution in [2.45, 2.75) is 36.6 Å². The SMILES string of the molecule is CNS(=O)(=O)c1ccc(CCC(=O)NC2CCCOC2)cc1. The van der Waals surface area contributed by atoms with Crippen LogP contribution in [0, 0.1) is 0 Å². The molecular formula is C15H22N2O4S. The molecule has 1 heterocycles. The zero-order chi connectivity index (χ0) is 16.0. The highest BCUT2D eigenvalue weighted by atomic mass is 32.2. The van der Waals surface area contributed by atoms with E-state index in [2.05, 4.69) is 10.0 Å². The highest BCUT2D eigenvalue weighted by Crippen LogP contribution is 2.12. The standard InChI is InChI=1S/C15H22N2O4S/c1-16-22(19,20)14-7-4-12(5-8-14)6-9-15(18)17-13-3-2-10-21-11-13/h4-5,7-8,13,16H,2-3,6,9-11H2,1H3,(H,17,18). The van der Waals surface area contributed by atoms with Crippen molar-refractivity contribution in [3.63, 3.8) is 0 Å². The molecule has 1 aromatic carbocycles. The molecule has 0 bridgehead atoms. The van der Waals surface area contributed by atoms with E-state index in [4.69, 9.17) is 4.74 Å². The number of ether oxygens (including phenoxy) is 1. The molecule has 1 fully saturated rings. The van der Waals surface area contributed by atoms with Gasteiger partial charge in [0.15, 0.2) is 0 Å². The number of amides is 1. The van der Waals surface area contributed by atoms with Crippen molar-refractivity contribution in [3.05, 3.63) is 29.8 Å². The third-order valence-electron chi connectivity index (χ3n) is 3.67. The molecule has 22 heavy (non-hydrogen) atoms. The predicted molar refractivity (Wildman–Crippen MR) is 83.0 cm³/mol. The Balaban J connectivity index is 1.82. The number of carbonyl (C=O) groups excluding carboxylic acids is 1. The highest BCUT2D eigenvalue weighted by molar-refractivity contribution is 7.89. The van der Waals surface area contributed by atoms with Crippen molar-refractivity contribution >= 4 is 15.9 Å². The van der Waals surface area contributed by atoms with E-state index in [1.165, 1.54) is 7.05 Å². The van der Waals surface area contributed by atoms with Crippen LogP contribution in [-0.2, 0) is 26.0 Å². The van der Waals surface area contributed by atoms with Gasteiger partial charge in [-0.1, -0.05) is 12.1 Å². The summed E-state index contributed by atoms with van der Waals surface area (Å²) in [6.07, 6.45) is 2.91. The maximum absolute atomic E-state index is 11.9. The van der Waals surface area contributed by atoms with Crippen LogP contribution in [0.15, 0.2) is 29.2 Å². The van der Waals surface area contributed by atoms with Crippen LogP contribution in [0.3, 0.4) is 0 Å². The largest absolute Gasteiger partial charge is 0.379 e. The average Bonchev–Trinajstić information content (AvgIpc) is 2.54. The van der Waals surface area contributed by atoms with E-state index < -0.39 is 10.0 Å². The van der Waals surface area contributed by atoms with E-state index in [-0.39, 0.29) is 16.8 Å². The molecule has 2 N–H and O–H groups in total. The van der Waals surface area contributed by atoms with Gasteiger partial charge in [0.1, 0.15) is 0 Å². The third-order valence-corrected chi connectivity index (χ3v) is 5.10. The lowest BCUT2D eigenvalue weighted by Crippen LogP contribution is -2.40. The quantitative estimate of drug-likeness (QED) is 0.811. The second kappa shape index (κ2) is 7.71. The van der Waals surface area contributed by atoms with Gasteiger partial charge in [0.05, 0.1) is 17.5 Å². The van der Waals surface area contributed by atoms with Gasteiger partial charge in [-0.2, -0.15) is 0 Å². The van der Waals surface area contributed by atoms with E-state index in [1.807, 2.05) is 0 Å². The third kappa shape index (κ3) is 4.79. The number of hydrogen-bond acceptors (Lipinski definition) is 4. The van der Waals surface area contributed by atoms with Crippen LogP contribution in [-0.4, -0.2) is 40.6 Å². The van der Waals surface area contributed by atoms with Crippen LogP contribution in [0.5, 0.6) is 0 Å². The van der Waals surface area contributed by atoms with E-state index in [9.17, 15) is 13.2 Å². The predicted octanol–water partition coefficient (Wildman–Crippen LogP) is 0.822. The maximum atomic E-state index is 11.9. The number of sulfonamides is 1. The van der Waals surface area contributed by atoms with Gasteiger partial charge in [0, 0.05) is 13.0 Å². The molecule has 122 valence electrons. The topological polar surface area (TPSA) is 84.5 Å². The second-order valence-electron chi connectivity index (χ2n) is 5.33. The molecule has 0 aliphatic carbocycles. The summed E-state index contributed by atoms with van der Waals surface area (Å²) in [7, 11) is -2.03. The Labute approximate surface area is 131 Å². The minimum absolute atomic E-state index is 0.00224. The van der Waals surface area contributed by atoms with E-state index in [1.54, 1.807) is 24.3 Å². The fraction of sp³-hybridized carbons (Fsp3) is 0.533. The summed E-state index contributed by atoms with van der Waals surface area (Å²) >= 11 is 0. The van der Waals surface area contributed by atoms with Crippen molar-refractivity contribution in [1.29, 1.82) is 0 Å². The minimum Gasteiger partial charge on any atom is -0.379 e. The van der Waals surface area contributed by atoms with Crippen LogP contribution < -0.4 is 10.0 Å². The zero-order valence-electron chi connectivity index (χ0n) is 12.7. The molecule has 6 nitrogen and oxygen atoms in total. The van der Waals surface area contributed by atoms with Crippen LogP contribution in [0.1, 0.15) is 24.8 Å². The Morgan fingerprint density at radius 3 is 2.64 bits per heavy atom. The number of hydrogen-bond donors (Lipinski definition) is 2. The highest BCUT2D eigenvalue weighted by Gasteiger charge is 2.16. The van der Waals surface area contributed by atoms with Crippen LogP contribution in [0.4, 0.5) is 0 Å². The molecule has 0 aromatic heterocycles.